The minimum absolute atomic E-state index is 0.133. The maximum Gasteiger partial charge on any atom is 0.130 e. The van der Waals surface area contributed by atoms with Crippen LogP contribution in [0.25, 0.3) is 0 Å². The van der Waals surface area contributed by atoms with Crippen LogP contribution in [0.2, 0.25) is 0 Å². The van der Waals surface area contributed by atoms with Gasteiger partial charge in [0.2, 0.25) is 0 Å². The van der Waals surface area contributed by atoms with Gasteiger partial charge in [0.1, 0.15) is 11.4 Å². The van der Waals surface area contributed by atoms with Crippen molar-refractivity contribution < 1.29 is 9.84 Å². The highest BCUT2D eigenvalue weighted by Crippen LogP contribution is 2.65. The Morgan fingerprint density at radius 2 is 2.12 bits per heavy atom. The van der Waals surface area contributed by atoms with Crippen molar-refractivity contribution in [3.8, 4) is 18.1 Å². The molecule has 1 N–H and O–H groups in total. The number of hydrogen-bond acceptors (Lipinski definition) is 2. The van der Waals surface area contributed by atoms with Gasteiger partial charge in [-0.05, 0) is 79.0 Å². The first kappa shape index (κ1) is 16.0. The predicted molar refractivity (Wildman–Crippen MR) is 95.9 cm³/mol. The molecule has 1 aromatic carbocycles. The number of benzene rings is 1. The zero-order chi connectivity index (χ0) is 17.1. The first-order chi connectivity index (χ1) is 11.4. The topological polar surface area (TPSA) is 29.5 Å². The molecule has 2 saturated carbocycles. The van der Waals surface area contributed by atoms with E-state index in [1.165, 1.54) is 17.5 Å². The first-order valence-electron chi connectivity index (χ1n) is 9.30. The minimum Gasteiger partial charge on any atom is -0.497 e. The van der Waals surface area contributed by atoms with Crippen LogP contribution < -0.4 is 4.74 Å². The fourth-order valence-electron chi connectivity index (χ4n) is 6.48. The van der Waals surface area contributed by atoms with Gasteiger partial charge in [-0.2, -0.15) is 0 Å². The van der Waals surface area contributed by atoms with Gasteiger partial charge in [-0.3, -0.25) is 0 Å². The molecule has 0 aromatic heterocycles. The van der Waals surface area contributed by atoms with Crippen LogP contribution in [0.3, 0.4) is 0 Å². The Labute approximate surface area is 145 Å². The molecular weight excluding hydrogens is 296 g/mol. The Balaban J connectivity index is 1.75. The second-order valence-corrected chi connectivity index (χ2v) is 8.54. The van der Waals surface area contributed by atoms with Crippen molar-refractivity contribution in [3.05, 3.63) is 29.3 Å². The molecule has 0 spiro atoms. The standard InChI is InChI=1S/C22H28O2/c1-5-22(23)11-10-19-18-8-6-15-12-16(24-4)7-9-17(15)20(18)14(2)13-21(19,22)3/h1,7,9,12,14,18-20,23H,6,8,10-11,13H2,2-4H3/t14?,18?,19?,20?,21?,22-/m0/s1. The van der Waals surface area contributed by atoms with Crippen LogP contribution in [-0.4, -0.2) is 17.8 Å². The number of ether oxygens (including phenoxy) is 1. The van der Waals surface area contributed by atoms with Gasteiger partial charge in [0.05, 0.1) is 7.11 Å². The van der Waals surface area contributed by atoms with E-state index >= 15 is 0 Å². The maximum absolute atomic E-state index is 11.1. The zero-order valence-electron chi connectivity index (χ0n) is 15.0. The molecular formula is C22H28O2. The quantitative estimate of drug-likeness (QED) is 0.786. The van der Waals surface area contributed by atoms with Crippen molar-refractivity contribution in [2.24, 2.45) is 23.2 Å². The molecule has 0 amide bonds. The Morgan fingerprint density at radius 1 is 1.33 bits per heavy atom. The number of methoxy groups -OCH3 is 1. The van der Waals surface area contributed by atoms with Gasteiger partial charge in [-0.1, -0.05) is 25.8 Å². The van der Waals surface area contributed by atoms with Crippen molar-refractivity contribution >= 4 is 0 Å². The number of fused-ring (bicyclic) bond motifs is 5. The SMILES string of the molecule is C#C[C@]1(O)CCC2C3CCc4cc(OC)ccc4C3C(C)CC21C. The van der Waals surface area contributed by atoms with Crippen LogP contribution in [0.1, 0.15) is 56.6 Å². The molecule has 128 valence electrons. The van der Waals surface area contributed by atoms with Gasteiger partial charge in [0.15, 0.2) is 0 Å². The second kappa shape index (κ2) is 5.27. The molecule has 24 heavy (non-hydrogen) atoms. The third kappa shape index (κ3) is 1.94. The normalized spacial score (nSPS) is 43.3. The van der Waals surface area contributed by atoms with Crippen LogP contribution in [0.4, 0.5) is 0 Å². The molecule has 0 heterocycles. The number of aliphatic hydroxyl groups is 1. The molecule has 6 atom stereocenters. The lowest BCUT2D eigenvalue weighted by atomic mass is 9.50. The summed E-state index contributed by atoms with van der Waals surface area (Å²) in [5, 5.41) is 11.1. The van der Waals surface area contributed by atoms with E-state index in [-0.39, 0.29) is 5.41 Å². The molecule has 3 aliphatic carbocycles. The molecule has 0 radical (unpaired) electrons. The Morgan fingerprint density at radius 3 is 2.83 bits per heavy atom. The summed E-state index contributed by atoms with van der Waals surface area (Å²) in [5.74, 6) is 6.05. The van der Waals surface area contributed by atoms with E-state index in [9.17, 15) is 5.11 Å². The lowest BCUT2D eigenvalue weighted by Gasteiger charge is -2.54. The first-order valence-corrected chi connectivity index (χ1v) is 9.30. The number of aryl methyl sites for hydroxylation is 1. The molecule has 1 aromatic rings. The smallest absolute Gasteiger partial charge is 0.130 e. The van der Waals surface area contributed by atoms with E-state index in [1.807, 2.05) is 0 Å². The number of hydrogen-bond donors (Lipinski definition) is 1. The lowest BCUT2D eigenvalue weighted by molar-refractivity contribution is -0.0811. The van der Waals surface area contributed by atoms with Crippen LogP contribution >= 0.6 is 0 Å². The summed E-state index contributed by atoms with van der Waals surface area (Å²) in [6.45, 7) is 4.61. The Bertz CT molecular complexity index is 702. The zero-order valence-corrected chi connectivity index (χ0v) is 15.0. The van der Waals surface area contributed by atoms with E-state index in [0.29, 0.717) is 23.7 Å². The van der Waals surface area contributed by atoms with Gasteiger partial charge < -0.3 is 9.84 Å². The monoisotopic (exact) mass is 324 g/mol. The third-order valence-corrected chi connectivity index (χ3v) is 7.61. The molecule has 3 aliphatic rings. The summed E-state index contributed by atoms with van der Waals surface area (Å²) in [7, 11) is 1.74. The number of terminal acetylenes is 1. The molecule has 2 heteroatoms. The highest BCUT2D eigenvalue weighted by atomic mass is 16.5. The van der Waals surface area contributed by atoms with Gasteiger partial charge in [-0.15, -0.1) is 6.42 Å². The summed E-state index contributed by atoms with van der Waals surface area (Å²) in [4.78, 5) is 0. The summed E-state index contributed by atoms with van der Waals surface area (Å²) in [6, 6.07) is 6.61. The van der Waals surface area contributed by atoms with Gasteiger partial charge >= 0.3 is 0 Å². The van der Waals surface area contributed by atoms with Gasteiger partial charge in [-0.25, -0.2) is 0 Å². The second-order valence-electron chi connectivity index (χ2n) is 8.54. The van der Waals surface area contributed by atoms with Crippen molar-refractivity contribution in [1.82, 2.24) is 0 Å². The van der Waals surface area contributed by atoms with Crippen LogP contribution in [0, 0.1) is 35.5 Å². The largest absolute Gasteiger partial charge is 0.497 e. The minimum atomic E-state index is -0.920. The predicted octanol–water partition coefficient (Wildman–Crippen LogP) is 4.16. The van der Waals surface area contributed by atoms with Crippen molar-refractivity contribution in [3.63, 3.8) is 0 Å². The Hall–Kier alpha value is -1.46. The molecule has 0 saturated heterocycles. The summed E-state index contributed by atoms with van der Waals surface area (Å²) < 4.78 is 5.42. The molecule has 2 fully saturated rings. The molecule has 2 nitrogen and oxygen atoms in total. The third-order valence-electron chi connectivity index (χ3n) is 7.61. The fraction of sp³-hybridized carbons (Fsp3) is 0.636. The van der Waals surface area contributed by atoms with Crippen molar-refractivity contribution in [1.29, 1.82) is 0 Å². The van der Waals surface area contributed by atoms with E-state index in [4.69, 9.17) is 11.2 Å². The molecule has 0 aliphatic heterocycles. The van der Waals surface area contributed by atoms with Crippen LogP contribution in [-0.2, 0) is 6.42 Å². The maximum atomic E-state index is 11.1. The summed E-state index contributed by atoms with van der Waals surface area (Å²) in [5.41, 5.74) is 1.91. The van der Waals surface area contributed by atoms with Gasteiger partial charge in [0.25, 0.3) is 0 Å². The molecule has 0 bridgehead atoms. The van der Waals surface area contributed by atoms with E-state index in [2.05, 4.69) is 38.0 Å². The summed E-state index contributed by atoms with van der Waals surface area (Å²) >= 11 is 0. The molecule has 5 unspecified atom stereocenters. The van der Waals surface area contributed by atoms with Gasteiger partial charge in [0, 0.05) is 5.41 Å². The van der Waals surface area contributed by atoms with E-state index in [1.54, 1.807) is 7.11 Å². The lowest BCUT2D eigenvalue weighted by Crippen LogP contribution is -2.52. The summed E-state index contributed by atoms with van der Waals surface area (Å²) in [6.07, 6.45) is 10.9. The highest BCUT2D eigenvalue weighted by Gasteiger charge is 2.62. The average Bonchev–Trinajstić information content (AvgIpc) is 2.85. The van der Waals surface area contributed by atoms with Crippen molar-refractivity contribution in [2.45, 2.75) is 57.5 Å². The van der Waals surface area contributed by atoms with Crippen molar-refractivity contribution in [2.75, 3.05) is 7.11 Å². The Kier molecular flexibility index (Phi) is 3.52. The average molecular weight is 324 g/mol. The van der Waals surface area contributed by atoms with E-state index < -0.39 is 5.60 Å². The highest BCUT2D eigenvalue weighted by molar-refractivity contribution is 5.41. The number of rotatable bonds is 1. The molecule has 4 rings (SSSR count). The fourth-order valence-corrected chi connectivity index (χ4v) is 6.48. The van der Waals surface area contributed by atoms with E-state index in [0.717, 1.165) is 31.4 Å². The van der Waals surface area contributed by atoms with Crippen LogP contribution in [0.15, 0.2) is 18.2 Å². The van der Waals surface area contributed by atoms with Crippen LogP contribution in [0.5, 0.6) is 5.75 Å².